The molecule has 4 rings (SSSR count). The van der Waals surface area contributed by atoms with E-state index in [-0.39, 0.29) is 11.8 Å². The summed E-state index contributed by atoms with van der Waals surface area (Å²) in [6, 6.07) is 6.17. The van der Waals surface area contributed by atoms with Gasteiger partial charge in [-0.25, -0.2) is 0 Å². The van der Waals surface area contributed by atoms with Gasteiger partial charge in [-0.2, -0.15) is 0 Å². The molecule has 1 amide bonds. The summed E-state index contributed by atoms with van der Waals surface area (Å²) in [6.45, 7) is 4.12. The van der Waals surface area contributed by atoms with Gasteiger partial charge in [0.1, 0.15) is 4.33 Å². The lowest BCUT2D eigenvalue weighted by Crippen LogP contribution is -2.16. The van der Waals surface area contributed by atoms with Crippen LogP contribution in [0.3, 0.4) is 0 Å². The molecule has 0 saturated heterocycles. The zero-order valence-corrected chi connectivity index (χ0v) is 15.1. The van der Waals surface area contributed by atoms with Crippen LogP contribution in [-0.4, -0.2) is 10.2 Å². The second-order valence-electron chi connectivity index (χ2n) is 7.70. The quantitative estimate of drug-likeness (QED) is 0.738. The number of halogens is 2. The molecule has 0 bridgehead atoms. The number of carbonyl (C=O) groups excluding carboxylic acids is 1. The molecule has 0 aliphatic heterocycles. The van der Waals surface area contributed by atoms with E-state index in [9.17, 15) is 4.79 Å². The Hall–Kier alpha value is -0.730. The molecule has 0 spiro atoms. The van der Waals surface area contributed by atoms with Crippen molar-refractivity contribution >= 4 is 34.8 Å². The number of carbonyl (C=O) groups is 1. The van der Waals surface area contributed by atoms with Crippen LogP contribution in [0.1, 0.15) is 36.8 Å². The summed E-state index contributed by atoms with van der Waals surface area (Å²) in [5.41, 5.74) is 3.30. The van der Waals surface area contributed by atoms with Gasteiger partial charge in [0.2, 0.25) is 5.91 Å². The van der Waals surface area contributed by atoms with Crippen LogP contribution in [0.2, 0.25) is 0 Å². The molecule has 0 radical (unpaired) electrons. The normalized spacial score (nSPS) is 37.0. The average molecular weight is 352 g/mol. The number of alkyl halides is 2. The third-order valence-corrected chi connectivity index (χ3v) is 7.38. The summed E-state index contributed by atoms with van der Waals surface area (Å²) >= 11 is 12.7. The van der Waals surface area contributed by atoms with E-state index in [0.717, 1.165) is 36.9 Å². The Labute approximate surface area is 147 Å². The minimum atomic E-state index is -0.479. The highest BCUT2D eigenvalue weighted by molar-refractivity contribution is 6.51. The van der Waals surface area contributed by atoms with Gasteiger partial charge in [0.05, 0.1) is 0 Å². The lowest BCUT2D eigenvalue weighted by molar-refractivity contribution is -0.117. The Bertz CT molecular complexity index is 635. The molecule has 3 aliphatic rings. The third-order valence-electron chi connectivity index (χ3n) is 6.26. The van der Waals surface area contributed by atoms with Gasteiger partial charge in [0, 0.05) is 11.6 Å². The van der Waals surface area contributed by atoms with Gasteiger partial charge in [0.25, 0.3) is 0 Å². The fourth-order valence-electron chi connectivity index (χ4n) is 4.78. The Kier molecular flexibility index (Phi) is 3.70. The lowest BCUT2D eigenvalue weighted by atomic mass is 10.0. The predicted octanol–water partition coefficient (Wildman–Crippen LogP) is 5.10. The van der Waals surface area contributed by atoms with Crippen molar-refractivity contribution in [2.45, 2.75) is 43.9 Å². The van der Waals surface area contributed by atoms with Crippen LogP contribution in [-0.2, 0) is 4.79 Å². The van der Waals surface area contributed by atoms with E-state index < -0.39 is 4.33 Å². The SMILES string of the molecule is Cc1ccc(NC(=O)C2[C@@H]3CC[C@@H]4[C@@H](CC[C@@H]23)C4(Cl)Cl)c(C)c1. The number of nitrogens with one attached hydrogen (secondary N) is 1. The van der Waals surface area contributed by atoms with Crippen LogP contribution in [0.4, 0.5) is 5.69 Å². The number of rotatable bonds is 2. The summed E-state index contributed by atoms with van der Waals surface area (Å²) in [4.78, 5) is 12.7. The fourth-order valence-corrected chi connectivity index (χ4v) is 5.70. The number of fused-ring (bicyclic) bond motifs is 2. The van der Waals surface area contributed by atoms with E-state index in [1.54, 1.807) is 0 Å². The Morgan fingerprint density at radius 3 is 2.26 bits per heavy atom. The zero-order chi connectivity index (χ0) is 16.4. The summed E-state index contributed by atoms with van der Waals surface area (Å²) in [7, 11) is 0. The van der Waals surface area contributed by atoms with Gasteiger partial charge < -0.3 is 5.32 Å². The maximum atomic E-state index is 12.7. The molecule has 124 valence electrons. The van der Waals surface area contributed by atoms with E-state index in [1.807, 2.05) is 19.1 Å². The maximum absolute atomic E-state index is 12.7. The topological polar surface area (TPSA) is 29.1 Å². The van der Waals surface area contributed by atoms with Crippen LogP contribution in [0.15, 0.2) is 18.2 Å². The van der Waals surface area contributed by atoms with Crippen molar-refractivity contribution in [1.29, 1.82) is 0 Å². The molecule has 3 fully saturated rings. The molecule has 23 heavy (non-hydrogen) atoms. The maximum Gasteiger partial charge on any atom is 0.228 e. The van der Waals surface area contributed by atoms with Crippen LogP contribution in [0.25, 0.3) is 0 Å². The molecule has 0 heterocycles. The first-order valence-corrected chi connectivity index (χ1v) is 9.41. The van der Waals surface area contributed by atoms with Crippen molar-refractivity contribution in [1.82, 2.24) is 0 Å². The van der Waals surface area contributed by atoms with E-state index in [1.165, 1.54) is 5.56 Å². The van der Waals surface area contributed by atoms with Gasteiger partial charge in [-0.3, -0.25) is 4.79 Å². The van der Waals surface area contributed by atoms with E-state index in [0.29, 0.717) is 23.7 Å². The number of hydrogen-bond donors (Lipinski definition) is 1. The van der Waals surface area contributed by atoms with Crippen molar-refractivity contribution in [2.24, 2.45) is 29.6 Å². The average Bonchev–Trinajstić information content (AvgIpc) is 3.26. The highest BCUT2D eigenvalue weighted by atomic mass is 35.5. The van der Waals surface area contributed by atoms with Crippen LogP contribution in [0.5, 0.6) is 0 Å². The smallest absolute Gasteiger partial charge is 0.228 e. The molecule has 3 saturated carbocycles. The van der Waals surface area contributed by atoms with Crippen molar-refractivity contribution < 1.29 is 4.79 Å². The molecule has 1 N–H and O–H groups in total. The minimum absolute atomic E-state index is 0.188. The Balaban J connectivity index is 1.40. The molecule has 0 aromatic heterocycles. The number of anilines is 1. The molecular weight excluding hydrogens is 329 g/mol. The van der Waals surface area contributed by atoms with Crippen molar-refractivity contribution in [3.05, 3.63) is 29.3 Å². The van der Waals surface area contributed by atoms with Crippen molar-refractivity contribution in [3.8, 4) is 0 Å². The predicted molar refractivity (Wildman–Crippen MR) is 94.9 cm³/mol. The summed E-state index contributed by atoms with van der Waals surface area (Å²) in [5.74, 6) is 2.36. The standard InChI is InChI=1S/C19H23Cl2NO/c1-10-3-8-16(11(2)9-10)22-18(23)17-12-4-6-14-15(19(14,20)21)7-5-13(12)17/h3,8-9,12-15,17H,4-7H2,1-2H3,(H,22,23)/t12-,13-,14-,15-/m1/s1. The molecule has 4 atom stereocenters. The second-order valence-corrected chi connectivity index (χ2v) is 9.15. The molecule has 1 aromatic carbocycles. The monoisotopic (exact) mass is 351 g/mol. The van der Waals surface area contributed by atoms with Crippen molar-refractivity contribution in [3.63, 3.8) is 0 Å². The number of benzene rings is 1. The first-order chi connectivity index (χ1) is 10.9. The highest BCUT2D eigenvalue weighted by Gasteiger charge is 2.65. The van der Waals surface area contributed by atoms with Gasteiger partial charge in [-0.1, -0.05) is 17.7 Å². The molecule has 0 unspecified atom stereocenters. The van der Waals surface area contributed by atoms with Gasteiger partial charge in [-0.15, -0.1) is 23.2 Å². The molecule has 4 heteroatoms. The summed E-state index contributed by atoms with van der Waals surface area (Å²) < 4.78 is -0.479. The molecular formula is C19H23Cl2NO. The van der Waals surface area contributed by atoms with Crippen LogP contribution in [0, 0.1) is 43.4 Å². The van der Waals surface area contributed by atoms with E-state index >= 15 is 0 Å². The molecule has 2 nitrogen and oxygen atoms in total. The number of amides is 1. The van der Waals surface area contributed by atoms with Gasteiger partial charge >= 0.3 is 0 Å². The van der Waals surface area contributed by atoms with E-state index in [4.69, 9.17) is 23.2 Å². The second kappa shape index (κ2) is 5.39. The minimum Gasteiger partial charge on any atom is -0.326 e. The first kappa shape index (κ1) is 15.8. The lowest BCUT2D eigenvalue weighted by Gasteiger charge is -2.09. The number of aryl methyl sites for hydroxylation is 2. The highest BCUT2D eigenvalue weighted by Crippen LogP contribution is 2.67. The van der Waals surface area contributed by atoms with E-state index in [2.05, 4.69) is 18.3 Å². The Morgan fingerprint density at radius 2 is 1.70 bits per heavy atom. The number of hydrogen-bond acceptors (Lipinski definition) is 1. The molecule has 1 aromatic rings. The van der Waals surface area contributed by atoms with Crippen LogP contribution < -0.4 is 5.32 Å². The van der Waals surface area contributed by atoms with Gasteiger partial charge in [-0.05, 0) is 74.8 Å². The van der Waals surface area contributed by atoms with Crippen LogP contribution >= 0.6 is 23.2 Å². The fraction of sp³-hybridized carbons (Fsp3) is 0.632. The summed E-state index contributed by atoms with van der Waals surface area (Å²) in [5, 5.41) is 3.14. The Morgan fingerprint density at radius 1 is 1.09 bits per heavy atom. The first-order valence-electron chi connectivity index (χ1n) is 8.65. The zero-order valence-electron chi connectivity index (χ0n) is 13.6. The van der Waals surface area contributed by atoms with Crippen molar-refractivity contribution in [2.75, 3.05) is 5.32 Å². The summed E-state index contributed by atoms with van der Waals surface area (Å²) in [6.07, 6.45) is 4.34. The largest absolute Gasteiger partial charge is 0.326 e. The third kappa shape index (κ3) is 2.68. The molecule has 3 aliphatic carbocycles. The van der Waals surface area contributed by atoms with Gasteiger partial charge in [0.15, 0.2) is 0 Å².